The Kier molecular flexibility index (Phi) is 4.47. The summed E-state index contributed by atoms with van der Waals surface area (Å²) in [5.41, 5.74) is 5.09. The van der Waals surface area contributed by atoms with Gasteiger partial charge in [-0.25, -0.2) is 9.13 Å². The van der Waals surface area contributed by atoms with Crippen molar-refractivity contribution in [1.29, 1.82) is 0 Å². The van der Waals surface area contributed by atoms with Gasteiger partial charge in [0.15, 0.2) is 0 Å². The first kappa shape index (κ1) is 18.7. The van der Waals surface area contributed by atoms with Crippen molar-refractivity contribution in [2.45, 2.75) is 39.7 Å². The first-order chi connectivity index (χ1) is 14.6. The number of fused-ring (bicyclic) bond motifs is 3. The smallest absolute Gasteiger partial charge is 0.232 e. The first-order valence-corrected chi connectivity index (χ1v) is 10.8. The zero-order valence-corrected chi connectivity index (χ0v) is 18.1. The van der Waals surface area contributed by atoms with Crippen LogP contribution in [-0.2, 0) is 0 Å². The predicted molar refractivity (Wildman–Crippen MR) is 125 cm³/mol. The zero-order chi connectivity index (χ0) is 20.8. The minimum atomic E-state index is 0.340. The molecule has 3 aromatic carbocycles. The fourth-order valence-corrected chi connectivity index (χ4v) is 4.53. The van der Waals surface area contributed by atoms with Crippen molar-refractivity contribution in [3.05, 3.63) is 90.8 Å². The maximum absolute atomic E-state index is 2.47. The molecule has 0 unspecified atom stereocenters. The number of rotatable bonds is 4. The molecule has 30 heavy (non-hydrogen) atoms. The molecule has 3 heteroatoms. The molecular formula is C27H28N3+. The molecule has 0 N–H and O–H groups in total. The van der Waals surface area contributed by atoms with Crippen molar-refractivity contribution in [3.8, 4) is 11.6 Å². The van der Waals surface area contributed by atoms with Crippen LogP contribution >= 0.6 is 0 Å². The number of para-hydroxylation sites is 3. The summed E-state index contributed by atoms with van der Waals surface area (Å²) in [7, 11) is 0. The Morgan fingerprint density at radius 1 is 0.733 bits per heavy atom. The normalized spacial score (nSPS) is 11.9. The standard InChI is InChI=1S/C27H28N3/c1-19(2)22-14-10-15-24-23-13-8-9-16-25(23)30(26(22)24)27-28(20(3)4)17-18-29(27)21-11-6-5-7-12-21/h5-20H,1-4H3/q+1. The van der Waals surface area contributed by atoms with E-state index in [0.29, 0.717) is 12.0 Å². The Bertz CT molecular complexity index is 1340. The SMILES string of the molecule is CC(C)c1cccc2c3ccccc3n(-c3n(-c4ccccc4)cc[n+]3C(C)C)c12. The van der Waals surface area contributed by atoms with Gasteiger partial charge in [0.2, 0.25) is 0 Å². The molecular weight excluding hydrogens is 366 g/mol. The van der Waals surface area contributed by atoms with E-state index in [9.17, 15) is 0 Å². The molecule has 0 spiro atoms. The third-order valence-corrected chi connectivity index (χ3v) is 5.96. The van der Waals surface area contributed by atoms with Gasteiger partial charge in [0.05, 0.1) is 12.2 Å². The molecule has 0 fully saturated rings. The second kappa shape index (κ2) is 7.17. The molecule has 2 heterocycles. The van der Waals surface area contributed by atoms with Crippen molar-refractivity contribution >= 4 is 21.8 Å². The van der Waals surface area contributed by atoms with Gasteiger partial charge >= 0.3 is 5.95 Å². The number of aromatic nitrogens is 3. The molecule has 3 nitrogen and oxygen atoms in total. The molecule has 150 valence electrons. The summed E-state index contributed by atoms with van der Waals surface area (Å²) in [5.74, 6) is 1.60. The number of hydrogen-bond donors (Lipinski definition) is 0. The Morgan fingerprint density at radius 2 is 1.43 bits per heavy atom. The minimum Gasteiger partial charge on any atom is -0.232 e. The van der Waals surface area contributed by atoms with Crippen LogP contribution in [0.25, 0.3) is 33.4 Å². The van der Waals surface area contributed by atoms with Gasteiger partial charge in [0, 0.05) is 10.8 Å². The van der Waals surface area contributed by atoms with Gasteiger partial charge in [-0.3, -0.25) is 0 Å². The molecule has 0 aliphatic heterocycles. The third-order valence-electron chi connectivity index (χ3n) is 5.96. The maximum Gasteiger partial charge on any atom is 0.375 e. The van der Waals surface area contributed by atoms with Crippen LogP contribution in [0, 0.1) is 0 Å². The first-order valence-electron chi connectivity index (χ1n) is 10.8. The molecule has 5 rings (SSSR count). The van der Waals surface area contributed by atoms with Crippen LogP contribution in [0.4, 0.5) is 0 Å². The van der Waals surface area contributed by atoms with Crippen molar-refractivity contribution in [2.75, 3.05) is 0 Å². The van der Waals surface area contributed by atoms with E-state index in [4.69, 9.17) is 0 Å². The van der Waals surface area contributed by atoms with Crippen LogP contribution < -0.4 is 4.57 Å². The lowest BCUT2D eigenvalue weighted by Crippen LogP contribution is -2.39. The zero-order valence-electron chi connectivity index (χ0n) is 18.1. The van der Waals surface area contributed by atoms with Crippen LogP contribution in [0.5, 0.6) is 0 Å². The summed E-state index contributed by atoms with van der Waals surface area (Å²) in [5, 5.41) is 2.61. The van der Waals surface area contributed by atoms with Gasteiger partial charge in [-0.2, -0.15) is 4.57 Å². The number of hydrogen-bond acceptors (Lipinski definition) is 0. The van der Waals surface area contributed by atoms with Crippen LogP contribution in [0.15, 0.2) is 85.2 Å². The van der Waals surface area contributed by atoms with Crippen LogP contribution in [0.2, 0.25) is 0 Å². The molecule has 0 saturated heterocycles. The van der Waals surface area contributed by atoms with E-state index in [1.54, 1.807) is 0 Å². The highest BCUT2D eigenvalue weighted by molar-refractivity contribution is 6.10. The highest BCUT2D eigenvalue weighted by atomic mass is 15.3. The van der Waals surface area contributed by atoms with E-state index in [2.05, 4.69) is 127 Å². The Morgan fingerprint density at radius 3 is 2.17 bits per heavy atom. The van der Waals surface area contributed by atoms with Gasteiger partial charge in [-0.05, 0) is 43.5 Å². The fourth-order valence-electron chi connectivity index (χ4n) is 4.53. The summed E-state index contributed by atoms with van der Waals surface area (Å²) >= 11 is 0. The molecule has 0 aliphatic rings. The largest absolute Gasteiger partial charge is 0.375 e. The molecule has 5 aromatic rings. The topological polar surface area (TPSA) is 13.7 Å². The lowest BCUT2D eigenvalue weighted by molar-refractivity contribution is -0.709. The van der Waals surface area contributed by atoms with Gasteiger partial charge in [0.25, 0.3) is 0 Å². The molecule has 0 bridgehead atoms. The second-order valence-electron chi connectivity index (χ2n) is 8.56. The molecule has 0 amide bonds. The Hall–Kier alpha value is -3.33. The summed E-state index contributed by atoms with van der Waals surface area (Å²) in [6, 6.07) is 26.5. The number of benzene rings is 3. The van der Waals surface area contributed by atoms with Gasteiger partial charge < -0.3 is 0 Å². The second-order valence-corrected chi connectivity index (χ2v) is 8.56. The van der Waals surface area contributed by atoms with Gasteiger partial charge in [-0.1, -0.05) is 68.4 Å². The molecule has 0 radical (unpaired) electrons. The van der Waals surface area contributed by atoms with E-state index in [1.807, 2.05) is 0 Å². The van der Waals surface area contributed by atoms with Crippen molar-refractivity contribution in [1.82, 2.24) is 9.13 Å². The average Bonchev–Trinajstić information content (AvgIpc) is 3.33. The molecule has 0 saturated carbocycles. The maximum atomic E-state index is 2.47. The van der Waals surface area contributed by atoms with E-state index in [1.165, 1.54) is 33.1 Å². The van der Waals surface area contributed by atoms with Gasteiger partial charge in [-0.15, -0.1) is 0 Å². The summed E-state index contributed by atoms with van der Waals surface area (Å²) in [4.78, 5) is 0. The predicted octanol–water partition coefficient (Wildman–Crippen LogP) is 6.57. The highest BCUT2D eigenvalue weighted by Crippen LogP contribution is 2.36. The monoisotopic (exact) mass is 394 g/mol. The highest BCUT2D eigenvalue weighted by Gasteiger charge is 2.28. The summed E-state index contributed by atoms with van der Waals surface area (Å²) in [6.45, 7) is 9.05. The fraction of sp³-hybridized carbons (Fsp3) is 0.222. The molecule has 0 aliphatic carbocycles. The quantitative estimate of drug-likeness (QED) is 0.306. The van der Waals surface area contributed by atoms with E-state index < -0.39 is 0 Å². The number of nitrogens with zero attached hydrogens (tertiary/aromatic N) is 3. The van der Waals surface area contributed by atoms with E-state index in [0.717, 1.165) is 5.95 Å². The Labute approximate surface area is 177 Å². The van der Waals surface area contributed by atoms with Crippen LogP contribution in [-0.4, -0.2) is 9.13 Å². The van der Waals surface area contributed by atoms with Crippen LogP contribution in [0.1, 0.15) is 45.2 Å². The van der Waals surface area contributed by atoms with E-state index >= 15 is 0 Å². The lowest BCUT2D eigenvalue weighted by atomic mass is 10.00. The van der Waals surface area contributed by atoms with Crippen molar-refractivity contribution in [3.63, 3.8) is 0 Å². The van der Waals surface area contributed by atoms with Crippen molar-refractivity contribution in [2.24, 2.45) is 0 Å². The van der Waals surface area contributed by atoms with Crippen molar-refractivity contribution < 1.29 is 4.57 Å². The molecule has 0 atom stereocenters. The number of imidazole rings is 1. The molecule has 2 aromatic heterocycles. The van der Waals surface area contributed by atoms with Gasteiger partial charge in [0.1, 0.15) is 22.9 Å². The van der Waals surface area contributed by atoms with Crippen LogP contribution in [0.3, 0.4) is 0 Å². The summed E-state index contributed by atoms with van der Waals surface area (Å²) < 4.78 is 7.14. The third kappa shape index (κ3) is 2.77. The summed E-state index contributed by atoms with van der Waals surface area (Å²) in [6.07, 6.45) is 4.38. The van der Waals surface area contributed by atoms with E-state index in [-0.39, 0.29) is 0 Å². The minimum absolute atomic E-state index is 0.340. The Balaban J connectivity index is 1.98. The average molecular weight is 395 g/mol. The lowest BCUT2D eigenvalue weighted by Gasteiger charge is -2.13.